The molecule has 20 heavy (non-hydrogen) atoms. The van der Waals surface area contributed by atoms with Crippen molar-refractivity contribution in [2.45, 2.75) is 58.8 Å². The summed E-state index contributed by atoms with van der Waals surface area (Å²) in [7, 11) is 0. The van der Waals surface area contributed by atoms with Gasteiger partial charge in [-0.2, -0.15) is 0 Å². The van der Waals surface area contributed by atoms with Crippen LogP contribution in [0.4, 0.5) is 0 Å². The van der Waals surface area contributed by atoms with E-state index in [0.717, 1.165) is 45.3 Å². The molecule has 1 heterocycles. The highest BCUT2D eigenvalue weighted by atomic mass is 16.3. The highest BCUT2D eigenvalue weighted by Crippen LogP contribution is 2.33. The highest BCUT2D eigenvalue weighted by Gasteiger charge is 2.42. The van der Waals surface area contributed by atoms with Gasteiger partial charge in [-0.15, -0.1) is 0 Å². The first-order valence-electron chi connectivity index (χ1n) is 8.31. The molecule has 0 aromatic heterocycles. The van der Waals surface area contributed by atoms with Crippen LogP contribution in [0.25, 0.3) is 0 Å². The summed E-state index contributed by atoms with van der Waals surface area (Å²) in [5.74, 6) is 0.259. The second-order valence-electron chi connectivity index (χ2n) is 6.03. The minimum absolute atomic E-state index is 0.0646. The number of rotatable bonds is 10. The van der Waals surface area contributed by atoms with Crippen LogP contribution in [0.5, 0.6) is 0 Å². The summed E-state index contributed by atoms with van der Waals surface area (Å²) in [4.78, 5) is 14.8. The number of aliphatic hydroxyl groups excluding tert-OH is 1. The minimum Gasteiger partial charge on any atom is -0.395 e. The molecule has 1 amide bonds. The molecular weight excluding hydrogens is 252 g/mol. The Kier molecular flexibility index (Phi) is 8.15. The average molecular weight is 284 g/mol. The molecule has 0 bridgehead atoms. The van der Waals surface area contributed by atoms with Crippen LogP contribution in [0.2, 0.25) is 0 Å². The molecule has 1 fully saturated rings. The van der Waals surface area contributed by atoms with Crippen LogP contribution in [0.3, 0.4) is 0 Å². The molecule has 1 atom stereocenters. The molecule has 118 valence electrons. The predicted molar refractivity (Wildman–Crippen MR) is 82.6 cm³/mol. The van der Waals surface area contributed by atoms with E-state index in [-0.39, 0.29) is 17.9 Å². The maximum Gasteiger partial charge on any atom is 0.230 e. The lowest BCUT2D eigenvalue weighted by Crippen LogP contribution is -2.46. The first-order chi connectivity index (χ1) is 9.70. The zero-order valence-corrected chi connectivity index (χ0v) is 13.3. The molecule has 4 heteroatoms. The van der Waals surface area contributed by atoms with Gasteiger partial charge in [-0.25, -0.2) is 0 Å². The lowest BCUT2D eigenvalue weighted by Gasteiger charge is -2.33. The van der Waals surface area contributed by atoms with Gasteiger partial charge in [-0.1, -0.05) is 39.5 Å². The molecule has 0 aliphatic carbocycles. The lowest BCUT2D eigenvalue weighted by atomic mass is 9.81. The molecule has 0 saturated carbocycles. The van der Waals surface area contributed by atoms with E-state index in [1.807, 2.05) is 4.90 Å². The van der Waals surface area contributed by atoms with Crippen molar-refractivity contribution in [3.05, 3.63) is 0 Å². The topological polar surface area (TPSA) is 52.6 Å². The molecule has 1 rings (SSSR count). The summed E-state index contributed by atoms with van der Waals surface area (Å²) in [6.45, 7) is 7.42. The number of unbranched alkanes of at least 4 members (excludes halogenated alkanes) is 3. The standard InChI is InChI=1S/C16H32N2O2/c1-3-5-6-7-11-18(12-13-19)15(20)16(8-4-2)9-10-17-14-16/h17,19H,3-14H2,1-2H3. The van der Waals surface area contributed by atoms with E-state index in [1.54, 1.807) is 0 Å². The van der Waals surface area contributed by atoms with Gasteiger partial charge in [0.2, 0.25) is 5.91 Å². The number of carbonyl (C=O) groups excluding carboxylic acids is 1. The molecule has 1 unspecified atom stereocenters. The molecule has 0 aromatic rings. The van der Waals surface area contributed by atoms with Gasteiger partial charge < -0.3 is 15.3 Å². The van der Waals surface area contributed by atoms with Crippen molar-refractivity contribution in [1.82, 2.24) is 10.2 Å². The maximum absolute atomic E-state index is 12.9. The van der Waals surface area contributed by atoms with Crippen LogP contribution in [0.1, 0.15) is 58.8 Å². The van der Waals surface area contributed by atoms with Crippen molar-refractivity contribution in [1.29, 1.82) is 0 Å². The molecule has 2 N–H and O–H groups in total. The third-order valence-electron chi connectivity index (χ3n) is 4.36. The second kappa shape index (κ2) is 9.35. The second-order valence-corrected chi connectivity index (χ2v) is 6.03. The van der Waals surface area contributed by atoms with Crippen molar-refractivity contribution >= 4 is 5.91 Å². The summed E-state index contributed by atoms with van der Waals surface area (Å²) < 4.78 is 0. The monoisotopic (exact) mass is 284 g/mol. The molecule has 0 spiro atoms. The number of nitrogens with zero attached hydrogens (tertiary/aromatic N) is 1. The predicted octanol–water partition coefficient (Wildman–Crippen LogP) is 2.17. The Morgan fingerprint density at radius 2 is 2.00 bits per heavy atom. The molecule has 1 aliphatic rings. The first kappa shape index (κ1) is 17.4. The third kappa shape index (κ3) is 4.74. The maximum atomic E-state index is 12.9. The molecule has 1 aliphatic heterocycles. The quantitative estimate of drug-likeness (QED) is 0.605. The Morgan fingerprint density at radius 3 is 2.55 bits per heavy atom. The first-order valence-corrected chi connectivity index (χ1v) is 8.31. The molecule has 4 nitrogen and oxygen atoms in total. The van der Waals surface area contributed by atoms with Crippen molar-refractivity contribution < 1.29 is 9.90 Å². The largest absolute Gasteiger partial charge is 0.395 e. The van der Waals surface area contributed by atoms with E-state index in [9.17, 15) is 9.90 Å². The van der Waals surface area contributed by atoms with Crippen molar-refractivity contribution in [2.75, 3.05) is 32.8 Å². The Balaban J connectivity index is 2.60. The zero-order chi connectivity index (χ0) is 14.8. The van der Waals surface area contributed by atoms with Crippen LogP contribution in [-0.2, 0) is 4.79 Å². The Bertz CT molecular complexity index is 276. The van der Waals surface area contributed by atoms with E-state index in [2.05, 4.69) is 19.2 Å². The average Bonchev–Trinajstić information content (AvgIpc) is 2.92. The van der Waals surface area contributed by atoms with Gasteiger partial charge in [0.1, 0.15) is 0 Å². The summed E-state index contributed by atoms with van der Waals surface area (Å²) in [6, 6.07) is 0. The lowest BCUT2D eigenvalue weighted by molar-refractivity contribution is -0.142. The Labute approximate surface area is 123 Å². The number of hydrogen-bond donors (Lipinski definition) is 2. The summed E-state index contributed by atoms with van der Waals surface area (Å²) in [5.41, 5.74) is -0.214. The van der Waals surface area contributed by atoms with E-state index >= 15 is 0 Å². The van der Waals surface area contributed by atoms with Crippen molar-refractivity contribution in [2.24, 2.45) is 5.41 Å². The van der Waals surface area contributed by atoms with Gasteiger partial charge >= 0.3 is 0 Å². The van der Waals surface area contributed by atoms with Crippen molar-refractivity contribution in [3.8, 4) is 0 Å². The normalized spacial score (nSPS) is 22.1. The van der Waals surface area contributed by atoms with Crippen LogP contribution >= 0.6 is 0 Å². The zero-order valence-electron chi connectivity index (χ0n) is 13.3. The number of nitrogens with one attached hydrogen (secondary N) is 1. The Hall–Kier alpha value is -0.610. The van der Waals surface area contributed by atoms with E-state index in [1.165, 1.54) is 19.3 Å². The van der Waals surface area contributed by atoms with Crippen LogP contribution < -0.4 is 5.32 Å². The molecule has 0 radical (unpaired) electrons. The van der Waals surface area contributed by atoms with E-state index in [0.29, 0.717) is 6.54 Å². The smallest absolute Gasteiger partial charge is 0.230 e. The fraction of sp³-hybridized carbons (Fsp3) is 0.938. The number of hydrogen-bond acceptors (Lipinski definition) is 3. The summed E-state index contributed by atoms with van der Waals surface area (Å²) in [5, 5.41) is 12.6. The number of amides is 1. The van der Waals surface area contributed by atoms with Crippen molar-refractivity contribution in [3.63, 3.8) is 0 Å². The fourth-order valence-corrected chi connectivity index (χ4v) is 3.23. The van der Waals surface area contributed by atoms with E-state index < -0.39 is 0 Å². The minimum atomic E-state index is -0.214. The van der Waals surface area contributed by atoms with Gasteiger partial charge in [0.25, 0.3) is 0 Å². The number of carbonyl (C=O) groups is 1. The van der Waals surface area contributed by atoms with Gasteiger partial charge in [0.05, 0.1) is 12.0 Å². The summed E-state index contributed by atoms with van der Waals surface area (Å²) >= 11 is 0. The SMILES string of the molecule is CCCCCCN(CCO)C(=O)C1(CCC)CCNC1. The third-order valence-corrected chi connectivity index (χ3v) is 4.36. The van der Waals surface area contributed by atoms with Gasteiger partial charge in [-0.3, -0.25) is 4.79 Å². The van der Waals surface area contributed by atoms with Crippen LogP contribution in [0, 0.1) is 5.41 Å². The fourth-order valence-electron chi connectivity index (χ4n) is 3.23. The number of aliphatic hydroxyl groups is 1. The summed E-state index contributed by atoms with van der Waals surface area (Å²) in [6.07, 6.45) is 7.59. The Morgan fingerprint density at radius 1 is 1.20 bits per heavy atom. The van der Waals surface area contributed by atoms with E-state index in [4.69, 9.17) is 0 Å². The van der Waals surface area contributed by atoms with Gasteiger partial charge in [-0.05, 0) is 25.8 Å². The molecule has 0 aromatic carbocycles. The molecular formula is C16H32N2O2. The van der Waals surface area contributed by atoms with Crippen LogP contribution in [-0.4, -0.2) is 48.7 Å². The van der Waals surface area contributed by atoms with Gasteiger partial charge in [0, 0.05) is 19.6 Å². The molecule has 1 saturated heterocycles. The van der Waals surface area contributed by atoms with Gasteiger partial charge in [0.15, 0.2) is 0 Å². The highest BCUT2D eigenvalue weighted by molar-refractivity contribution is 5.83. The van der Waals surface area contributed by atoms with Crippen LogP contribution in [0.15, 0.2) is 0 Å².